The van der Waals surface area contributed by atoms with E-state index in [1.165, 1.54) is 24.7 Å². The molecule has 0 aliphatic carbocycles. The Hall–Kier alpha value is -3.63. The van der Waals surface area contributed by atoms with E-state index in [2.05, 4.69) is 9.97 Å². The van der Waals surface area contributed by atoms with Gasteiger partial charge in [0, 0.05) is 53.5 Å². The maximum Gasteiger partial charge on any atom is 0.254 e. The van der Waals surface area contributed by atoms with Crippen LogP contribution < -0.4 is 0 Å². The second-order valence-corrected chi connectivity index (χ2v) is 10.9. The van der Waals surface area contributed by atoms with Crippen LogP contribution >= 0.6 is 0 Å². The summed E-state index contributed by atoms with van der Waals surface area (Å²) in [5.74, 6) is -0.297. The fraction of sp³-hybridized carbons (Fsp3) is 0.240. The van der Waals surface area contributed by atoms with Crippen molar-refractivity contribution in [3.05, 3.63) is 72.4 Å². The molecule has 1 amide bonds. The summed E-state index contributed by atoms with van der Waals surface area (Å²) in [6.45, 7) is 1.09. The van der Waals surface area contributed by atoms with Crippen molar-refractivity contribution < 1.29 is 22.3 Å². The predicted molar refractivity (Wildman–Crippen MR) is 127 cm³/mol. The van der Waals surface area contributed by atoms with Crippen molar-refractivity contribution in [1.29, 1.82) is 0 Å². The largest absolute Gasteiger partial charge is 0.374 e. The molecular formula is C25H21FN4O4S. The van der Waals surface area contributed by atoms with E-state index in [9.17, 15) is 17.6 Å². The standard InChI is InChI=1S/C25H21FN4O4S/c1-35(32,33)23-13-30(25-27-10-16(11-28-25)19-4-2-3-5-21(19)26)22-8-15(6-7-20(22)23)24(31)29-12-18-9-17(29)14-34-18/h2-8,10-11,13,17-18H,9,12,14H2,1H3/t17-,18-/m0/s1. The van der Waals surface area contributed by atoms with Crippen LogP contribution in [0.3, 0.4) is 0 Å². The van der Waals surface area contributed by atoms with Gasteiger partial charge in [-0.05, 0) is 24.6 Å². The molecule has 2 bridgehead atoms. The first-order valence-electron chi connectivity index (χ1n) is 11.1. The monoisotopic (exact) mass is 492 g/mol. The molecule has 8 nitrogen and oxygen atoms in total. The average Bonchev–Trinajstić information content (AvgIpc) is 3.58. The molecule has 2 aliphatic rings. The van der Waals surface area contributed by atoms with E-state index in [4.69, 9.17) is 4.74 Å². The Bertz CT molecular complexity index is 1580. The number of hydrogen-bond acceptors (Lipinski definition) is 6. The predicted octanol–water partition coefficient (Wildman–Crippen LogP) is 3.24. The highest BCUT2D eigenvalue weighted by Gasteiger charge is 2.41. The van der Waals surface area contributed by atoms with Crippen molar-refractivity contribution in [2.75, 3.05) is 19.4 Å². The van der Waals surface area contributed by atoms with Crippen LogP contribution in [0, 0.1) is 5.82 Å². The molecule has 4 heterocycles. The number of carbonyl (C=O) groups is 1. The smallest absolute Gasteiger partial charge is 0.254 e. The van der Waals surface area contributed by atoms with Crippen LogP contribution in [-0.4, -0.2) is 65.3 Å². The molecule has 0 saturated carbocycles. The van der Waals surface area contributed by atoms with Gasteiger partial charge >= 0.3 is 0 Å². The summed E-state index contributed by atoms with van der Waals surface area (Å²) in [5, 5.41) is 0.470. The Labute approximate surface area is 200 Å². The number of rotatable bonds is 4. The van der Waals surface area contributed by atoms with Crippen molar-refractivity contribution in [3.63, 3.8) is 0 Å². The fourth-order valence-electron chi connectivity index (χ4n) is 4.88. The van der Waals surface area contributed by atoms with E-state index in [0.29, 0.717) is 40.7 Å². The number of halogens is 1. The van der Waals surface area contributed by atoms with Crippen molar-refractivity contribution in [2.24, 2.45) is 0 Å². The Kier molecular flexibility index (Phi) is 4.97. The highest BCUT2D eigenvalue weighted by atomic mass is 32.2. The molecule has 0 N–H and O–H groups in total. The number of morpholine rings is 1. The quantitative estimate of drug-likeness (QED) is 0.434. The topological polar surface area (TPSA) is 94.4 Å². The Morgan fingerprint density at radius 1 is 1.14 bits per heavy atom. The zero-order valence-corrected chi connectivity index (χ0v) is 19.6. The van der Waals surface area contributed by atoms with Crippen LogP contribution in [0.15, 0.2) is 66.0 Å². The van der Waals surface area contributed by atoms with Gasteiger partial charge in [0.15, 0.2) is 9.84 Å². The third-order valence-electron chi connectivity index (χ3n) is 6.62. The van der Waals surface area contributed by atoms with Gasteiger partial charge in [0.25, 0.3) is 5.91 Å². The lowest BCUT2D eigenvalue weighted by atomic mass is 10.1. The summed E-state index contributed by atoms with van der Waals surface area (Å²) in [4.78, 5) is 23.9. The lowest BCUT2D eigenvalue weighted by Crippen LogP contribution is -2.41. The number of carbonyl (C=O) groups excluding carboxylic acids is 1. The lowest BCUT2D eigenvalue weighted by Gasteiger charge is -2.27. The molecule has 2 aromatic heterocycles. The molecular weight excluding hydrogens is 471 g/mol. The number of likely N-dealkylation sites (tertiary alicyclic amines) is 1. The van der Waals surface area contributed by atoms with Crippen LogP contribution in [-0.2, 0) is 14.6 Å². The van der Waals surface area contributed by atoms with Gasteiger partial charge < -0.3 is 9.64 Å². The second-order valence-electron chi connectivity index (χ2n) is 8.92. The number of ether oxygens (including phenoxy) is 1. The molecule has 0 radical (unpaired) electrons. The maximum absolute atomic E-state index is 14.2. The van der Waals surface area contributed by atoms with E-state index in [-0.39, 0.29) is 28.9 Å². The molecule has 2 aliphatic heterocycles. The zero-order valence-electron chi connectivity index (χ0n) is 18.8. The van der Waals surface area contributed by atoms with Crippen LogP contribution in [0.25, 0.3) is 28.0 Å². The molecule has 4 aromatic rings. The molecule has 2 atom stereocenters. The second kappa shape index (κ2) is 7.96. The summed E-state index contributed by atoms with van der Waals surface area (Å²) in [6.07, 6.45) is 6.48. The number of amides is 1. The van der Waals surface area contributed by atoms with E-state index in [1.54, 1.807) is 41.0 Å². The molecule has 6 rings (SSSR count). The minimum Gasteiger partial charge on any atom is -0.374 e. The summed E-state index contributed by atoms with van der Waals surface area (Å²) in [5.41, 5.74) is 1.81. The van der Waals surface area contributed by atoms with E-state index in [0.717, 1.165) is 12.7 Å². The summed E-state index contributed by atoms with van der Waals surface area (Å²) in [7, 11) is -3.57. The van der Waals surface area contributed by atoms with Gasteiger partial charge in [-0.15, -0.1) is 0 Å². The average molecular weight is 493 g/mol. The molecule has 0 unspecified atom stereocenters. The normalized spacial score (nSPS) is 19.5. The first kappa shape index (κ1) is 21.9. The highest BCUT2D eigenvalue weighted by Crippen LogP contribution is 2.32. The highest BCUT2D eigenvalue weighted by molar-refractivity contribution is 7.91. The van der Waals surface area contributed by atoms with Gasteiger partial charge in [-0.3, -0.25) is 9.36 Å². The third kappa shape index (κ3) is 3.69. The van der Waals surface area contributed by atoms with Crippen molar-refractivity contribution >= 4 is 26.6 Å². The molecule has 35 heavy (non-hydrogen) atoms. The van der Waals surface area contributed by atoms with Crippen molar-refractivity contribution in [3.8, 4) is 17.1 Å². The Morgan fingerprint density at radius 3 is 2.57 bits per heavy atom. The Balaban J connectivity index is 1.44. The van der Waals surface area contributed by atoms with Crippen LogP contribution in [0.2, 0.25) is 0 Å². The van der Waals surface area contributed by atoms with Gasteiger partial charge in [0.1, 0.15) is 5.82 Å². The molecule has 2 fully saturated rings. The van der Waals surface area contributed by atoms with E-state index >= 15 is 0 Å². The van der Waals surface area contributed by atoms with Gasteiger partial charge in [0.05, 0.1) is 29.2 Å². The number of fused-ring (bicyclic) bond motifs is 3. The molecule has 2 saturated heterocycles. The first-order valence-corrected chi connectivity index (χ1v) is 13.0. The number of aromatic nitrogens is 3. The first-order chi connectivity index (χ1) is 16.8. The van der Waals surface area contributed by atoms with Gasteiger partial charge in [0.2, 0.25) is 5.95 Å². The molecule has 10 heteroatoms. The number of benzene rings is 2. The SMILES string of the molecule is CS(=O)(=O)c1cn(-c2ncc(-c3ccccc3F)cn2)c2cc(C(=O)N3C[C@@H]4C[C@H]3CO4)ccc12. The summed E-state index contributed by atoms with van der Waals surface area (Å²) in [6, 6.07) is 11.4. The van der Waals surface area contributed by atoms with Crippen LogP contribution in [0.1, 0.15) is 16.8 Å². The van der Waals surface area contributed by atoms with Gasteiger partial charge in [-0.2, -0.15) is 0 Å². The van der Waals surface area contributed by atoms with Gasteiger partial charge in [-0.25, -0.2) is 22.8 Å². The zero-order chi connectivity index (χ0) is 24.3. The Morgan fingerprint density at radius 2 is 1.91 bits per heavy atom. The lowest BCUT2D eigenvalue weighted by molar-refractivity contribution is 0.0259. The van der Waals surface area contributed by atoms with Gasteiger partial charge in [-0.1, -0.05) is 24.3 Å². The minimum atomic E-state index is -3.57. The van der Waals surface area contributed by atoms with Crippen molar-refractivity contribution in [1.82, 2.24) is 19.4 Å². The number of nitrogens with zero attached hydrogens (tertiary/aromatic N) is 4. The number of sulfone groups is 1. The maximum atomic E-state index is 14.2. The van der Waals surface area contributed by atoms with Crippen LogP contribution in [0.4, 0.5) is 4.39 Å². The molecule has 2 aromatic carbocycles. The molecule has 0 spiro atoms. The fourth-order valence-corrected chi connectivity index (χ4v) is 5.75. The molecule has 178 valence electrons. The summed E-state index contributed by atoms with van der Waals surface area (Å²) >= 11 is 0. The minimum absolute atomic E-state index is 0.0656. The summed E-state index contributed by atoms with van der Waals surface area (Å²) < 4.78 is 46.3. The van der Waals surface area contributed by atoms with E-state index < -0.39 is 15.7 Å². The van der Waals surface area contributed by atoms with E-state index in [1.807, 2.05) is 4.90 Å². The van der Waals surface area contributed by atoms with Crippen LogP contribution in [0.5, 0.6) is 0 Å². The number of hydrogen-bond donors (Lipinski definition) is 0. The van der Waals surface area contributed by atoms with Crippen molar-refractivity contribution in [2.45, 2.75) is 23.5 Å². The third-order valence-corrected chi connectivity index (χ3v) is 7.74.